The van der Waals surface area contributed by atoms with Crippen molar-refractivity contribution >= 4 is 0 Å². The molecule has 0 aliphatic rings. The molecule has 5 heteroatoms. The molecule has 0 aliphatic heterocycles. The summed E-state index contributed by atoms with van der Waals surface area (Å²) in [6.45, 7) is 12.3. The van der Waals surface area contributed by atoms with Gasteiger partial charge < -0.3 is 5.11 Å². The van der Waals surface area contributed by atoms with Gasteiger partial charge in [0.2, 0.25) is 0 Å². The van der Waals surface area contributed by atoms with E-state index >= 15 is 0 Å². The smallest absolute Gasteiger partial charge is 0.123 e. The van der Waals surface area contributed by atoms with E-state index < -0.39 is 0 Å². The maximum atomic E-state index is 12.7. The van der Waals surface area contributed by atoms with Crippen LogP contribution in [0.3, 0.4) is 0 Å². The van der Waals surface area contributed by atoms with Crippen molar-refractivity contribution in [2.75, 3.05) is 0 Å². The van der Waals surface area contributed by atoms with Crippen LogP contribution in [0.25, 0.3) is 5.69 Å². The van der Waals surface area contributed by atoms with E-state index in [2.05, 4.69) is 31.1 Å². The number of rotatable bonds is 3. The van der Waals surface area contributed by atoms with E-state index in [4.69, 9.17) is 5.11 Å². The number of aliphatic hydroxyl groups is 1. The lowest BCUT2D eigenvalue weighted by molar-refractivity contribution is 0.272. The quantitative estimate of drug-likeness (QED) is 0.920. The third kappa shape index (κ3) is 6.35. The van der Waals surface area contributed by atoms with Gasteiger partial charge in [0.05, 0.1) is 23.7 Å². The van der Waals surface area contributed by atoms with Crippen molar-refractivity contribution in [3.8, 4) is 5.69 Å². The van der Waals surface area contributed by atoms with E-state index in [0.29, 0.717) is 17.1 Å². The number of aliphatic hydroxyl groups excluding tert-OH is 1. The number of halogens is 1. The van der Waals surface area contributed by atoms with Gasteiger partial charge in [-0.25, -0.2) is 9.07 Å². The molecule has 0 unspecified atom stereocenters. The van der Waals surface area contributed by atoms with Crippen molar-refractivity contribution < 1.29 is 9.50 Å². The van der Waals surface area contributed by atoms with Crippen molar-refractivity contribution in [1.82, 2.24) is 15.0 Å². The van der Waals surface area contributed by atoms with Crippen LogP contribution in [-0.4, -0.2) is 20.1 Å². The Morgan fingerprint density at radius 3 is 2.09 bits per heavy atom. The topological polar surface area (TPSA) is 50.9 Å². The lowest BCUT2D eigenvalue weighted by Crippen LogP contribution is -2.02. The molecule has 0 fully saturated rings. The summed E-state index contributed by atoms with van der Waals surface area (Å²) in [6, 6.07) is 5.85. The normalized spacial score (nSPS) is 9.68. The maximum absolute atomic E-state index is 12.7. The Morgan fingerprint density at radius 2 is 1.68 bits per heavy atom. The summed E-state index contributed by atoms with van der Waals surface area (Å²) in [5, 5.41) is 16.8. The Hall–Kier alpha value is -1.75. The van der Waals surface area contributed by atoms with Crippen LogP contribution in [0.1, 0.15) is 52.4 Å². The average Bonchev–Trinajstić information content (AvgIpc) is 2.91. The van der Waals surface area contributed by atoms with Crippen LogP contribution >= 0.6 is 0 Å². The highest BCUT2D eigenvalue weighted by atomic mass is 19.1. The van der Waals surface area contributed by atoms with E-state index in [9.17, 15) is 4.39 Å². The van der Waals surface area contributed by atoms with Crippen LogP contribution in [0.15, 0.2) is 24.3 Å². The minimum absolute atomic E-state index is 0.143. The fourth-order valence-corrected chi connectivity index (χ4v) is 1.35. The van der Waals surface area contributed by atoms with Gasteiger partial charge in [-0.15, -0.1) is 5.10 Å². The first-order valence-electron chi connectivity index (χ1n) is 7.77. The van der Waals surface area contributed by atoms with E-state index in [1.165, 1.54) is 23.2 Å². The monoisotopic (exact) mass is 309 g/mol. The third-order valence-corrected chi connectivity index (χ3v) is 2.99. The van der Waals surface area contributed by atoms with Gasteiger partial charge in [-0.05, 0) is 37.1 Å². The van der Waals surface area contributed by atoms with Crippen LogP contribution in [0, 0.1) is 18.7 Å². The molecule has 1 aromatic heterocycles. The lowest BCUT2D eigenvalue weighted by atomic mass is 10.2. The van der Waals surface area contributed by atoms with Crippen LogP contribution in [-0.2, 0) is 6.61 Å². The molecule has 2 rings (SSSR count). The van der Waals surface area contributed by atoms with Gasteiger partial charge in [0.1, 0.15) is 5.82 Å². The summed E-state index contributed by atoms with van der Waals surface area (Å²) >= 11 is 0. The second kappa shape index (κ2) is 10.9. The fraction of sp³-hybridized carbons (Fsp3) is 0.529. The highest BCUT2D eigenvalue weighted by Gasteiger charge is 2.09. The highest BCUT2D eigenvalue weighted by molar-refractivity contribution is 5.33. The van der Waals surface area contributed by atoms with Gasteiger partial charge in [-0.2, -0.15) is 0 Å². The molecule has 1 N–H and O–H groups in total. The second-order valence-electron chi connectivity index (χ2n) is 4.97. The molecule has 2 aromatic rings. The molecule has 22 heavy (non-hydrogen) atoms. The van der Waals surface area contributed by atoms with Gasteiger partial charge >= 0.3 is 0 Å². The molecule has 0 amide bonds. The minimum Gasteiger partial charge on any atom is -0.390 e. The summed E-state index contributed by atoms with van der Waals surface area (Å²) < 4.78 is 14.2. The Morgan fingerprint density at radius 1 is 1.18 bits per heavy atom. The largest absolute Gasteiger partial charge is 0.390 e. The van der Waals surface area contributed by atoms with E-state index in [0.717, 1.165) is 5.92 Å². The number of nitrogens with zero attached hydrogens (tertiary/aromatic N) is 3. The molecule has 1 aromatic carbocycles. The first kappa shape index (κ1) is 20.2. The summed E-state index contributed by atoms with van der Waals surface area (Å²) in [4.78, 5) is 0. The van der Waals surface area contributed by atoms with Gasteiger partial charge in [-0.1, -0.05) is 46.3 Å². The molecule has 124 valence electrons. The highest BCUT2D eigenvalue weighted by Crippen LogP contribution is 2.12. The number of hydrogen-bond donors (Lipinski definition) is 1. The Labute approximate surface area is 133 Å². The Balaban J connectivity index is 0.000000540. The second-order valence-corrected chi connectivity index (χ2v) is 4.97. The molecule has 0 atom stereocenters. The number of aryl methyl sites for hydroxylation is 1. The molecular weight excluding hydrogens is 281 g/mol. The molecule has 0 aliphatic carbocycles. The molecule has 0 saturated heterocycles. The van der Waals surface area contributed by atoms with E-state index in [1.54, 1.807) is 19.1 Å². The standard InChI is InChI=1S/C10H10FN3O.C5H12.C2H6/c1-7-10(6-15)14(13-12-7)9-4-2-8(11)3-5-9;1-4-5(2)3;1-2/h2-5,15H,6H2,1H3;5H,4H2,1-3H3;1-2H3. The first-order chi connectivity index (χ1) is 10.5. The molecule has 1 heterocycles. The third-order valence-electron chi connectivity index (χ3n) is 2.99. The van der Waals surface area contributed by atoms with Crippen LogP contribution < -0.4 is 0 Å². The minimum atomic E-state index is -0.305. The maximum Gasteiger partial charge on any atom is 0.123 e. The van der Waals surface area contributed by atoms with Crippen molar-refractivity contribution in [3.05, 3.63) is 41.5 Å². The van der Waals surface area contributed by atoms with Crippen molar-refractivity contribution in [2.45, 2.75) is 54.6 Å². The zero-order chi connectivity index (χ0) is 17.1. The zero-order valence-electron chi connectivity index (χ0n) is 14.5. The zero-order valence-corrected chi connectivity index (χ0v) is 14.5. The predicted molar refractivity (Wildman–Crippen MR) is 88.5 cm³/mol. The molecular formula is C17H28FN3O. The lowest BCUT2D eigenvalue weighted by Gasteiger charge is -2.03. The van der Waals surface area contributed by atoms with Crippen LogP contribution in [0.5, 0.6) is 0 Å². The molecule has 0 saturated carbocycles. The first-order valence-corrected chi connectivity index (χ1v) is 7.77. The Bertz CT molecular complexity index is 521. The van der Waals surface area contributed by atoms with Gasteiger partial charge in [0.15, 0.2) is 0 Å². The fourth-order valence-electron chi connectivity index (χ4n) is 1.35. The van der Waals surface area contributed by atoms with Crippen molar-refractivity contribution in [1.29, 1.82) is 0 Å². The van der Waals surface area contributed by atoms with Gasteiger partial charge in [0, 0.05) is 0 Å². The summed E-state index contributed by atoms with van der Waals surface area (Å²) in [5.41, 5.74) is 1.96. The van der Waals surface area contributed by atoms with Crippen LogP contribution in [0.4, 0.5) is 4.39 Å². The SMILES string of the molecule is CC.CCC(C)C.Cc1nnn(-c2ccc(F)cc2)c1CO. The van der Waals surface area contributed by atoms with E-state index in [-0.39, 0.29) is 12.4 Å². The average molecular weight is 309 g/mol. The van der Waals surface area contributed by atoms with Gasteiger partial charge in [-0.3, -0.25) is 0 Å². The number of benzene rings is 1. The Kier molecular flexibility index (Phi) is 10.0. The molecule has 0 bridgehead atoms. The summed E-state index contributed by atoms with van der Waals surface area (Å²) in [6.07, 6.45) is 1.31. The molecule has 4 nitrogen and oxygen atoms in total. The van der Waals surface area contributed by atoms with E-state index in [1.807, 2.05) is 13.8 Å². The van der Waals surface area contributed by atoms with Gasteiger partial charge in [0.25, 0.3) is 0 Å². The van der Waals surface area contributed by atoms with Crippen LogP contribution in [0.2, 0.25) is 0 Å². The molecule has 0 radical (unpaired) electrons. The summed E-state index contributed by atoms with van der Waals surface area (Å²) in [7, 11) is 0. The predicted octanol–water partition coefficient (Wildman–Crippen LogP) is 4.29. The van der Waals surface area contributed by atoms with Crippen molar-refractivity contribution in [3.63, 3.8) is 0 Å². The number of hydrogen-bond acceptors (Lipinski definition) is 3. The summed E-state index contributed by atoms with van der Waals surface area (Å²) in [5.74, 6) is 0.580. The molecule has 0 spiro atoms. The van der Waals surface area contributed by atoms with Crippen molar-refractivity contribution in [2.24, 2.45) is 5.92 Å². The number of aromatic nitrogens is 3.